The lowest BCUT2D eigenvalue weighted by Gasteiger charge is -2.32. The number of alkyl halides is 2. The van der Waals surface area contributed by atoms with Gasteiger partial charge in [-0.3, -0.25) is 0 Å². The minimum atomic E-state index is -2.90. The van der Waals surface area contributed by atoms with Crippen LogP contribution in [0.1, 0.15) is 66.0 Å². The topological polar surface area (TPSA) is 56.8 Å². The van der Waals surface area contributed by atoms with Gasteiger partial charge in [0.05, 0.1) is 16.8 Å². The van der Waals surface area contributed by atoms with E-state index < -0.39 is 47.8 Å². The van der Waals surface area contributed by atoms with Gasteiger partial charge in [-0.1, -0.05) is 12.1 Å². The Morgan fingerprint density at radius 1 is 1.20 bits per heavy atom. The summed E-state index contributed by atoms with van der Waals surface area (Å²) in [5.74, 6) is -1.01. The summed E-state index contributed by atoms with van der Waals surface area (Å²) in [7, 11) is -0.817. The molecular weight excluding hydrogens is 398 g/mol. The second-order valence-corrected chi connectivity index (χ2v) is 9.24. The standard InChI is InChI=1S/C21H29BF3NO4/c1-19(2,3)28-18(27)26-12-14(22-29-20(4,5)21(6,7)30-22)10-13-8-9-15(17(24)25)16(23)11-13/h8-11,17H,12H2,1-7H3,(H,26,27). The average Bonchev–Trinajstić information content (AvgIpc) is 2.77. The molecule has 30 heavy (non-hydrogen) atoms. The van der Waals surface area contributed by atoms with Crippen molar-refractivity contribution in [3.05, 3.63) is 40.6 Å². The van der Waals surface area contributed by atoms with Gasteiger partial charge < -0.3 is 19.4 Å². The first-order chi connectivity index (χ1) is 13.6. The summed E-state index contributed by atoms with van der Waals surface area (Å²) in [6.45, 7) is 12.7. The minimum Gasteiger partial charge on any atom is -0.444 e. The molecule has 0 unspecified atom stereocenters. The van der Waals surface area contributed by atoms with Crippen LogP contribution in [0.5, 0.6) is 0 Å². The normalized spacial score (nSPS) is 18.6. The Morgan fingerprint density at radius 3 is 2.23 bits per heavy atom. The van der Waals surface area contributed by atoms with E-state index in [2.05, 4.69) is 5.32 Å². The van der Waals surface area contributed by atoms with Crippen LogP contribution in [0.3, 0.4) is 0 Å². The fourth-order valence-corrected chi connectivity index (χ4v) is 2.71. The molecule has 1 amide bonds. The van der Waals surface area contributed by atoms with Crippen LogP contribution >= 0.6 is 0 Å². The summed E-state index contributed by atoms with van der Waals surface area (Å²) < 4.78 is 57.0. The molecule has 0 radical (unpaired) electrons. The molecule has 1 N–H and O–H groups in total. The Balaban J connectivity index is 2.31. The highest BCUT2D eigenvalue weighted by atomic mass is 19.3. The zero-order valence-electron chi connectivity index (χ0n) is 18.4. The summed E-state index contributed by atoms with van der Waals surface area (Å²) in [4.78, 5) is 12.1. The van der Waals surface area contributed by atoms with E-state index in [1.165, 1.54) is 6.07 Å². The number of ether oxygens (including phenoxy) is 1. The van der Waals surface area contributed by atoms with Gasteiger partial charge in [0.25, 0.3) is 6.43 Å². The first-order valence-electron chi connectivity index (χ1n) is 9.72. The van der Waals surface area contributed by atoms with Crippen LogP contribution in [0, 0.1) is 5.82 Å². The molecule has 0 atom stereocenters. The number of benzene rings is 1. The van der Waals surface area contributed by atoms with Gasteiger partial charge >= 0.3 is 13.2 Å². The van der Waals surface area contributed by atoms with E-state index in [-0.39, 0.29) is 6.54 Å². The maximum absolute atomic E-state index is 14.0. The number of hydrogen-bond acceptors (Lipinski definition) is 4. The number of amides is 1. The van der Waals surface area contributed by atoms with Gasteiger partial charge in [0.15, 0.2) is 0 Å². The van der Waals surface area contributed by atoms with Crippen LogP contribution in [-0.4, -0.2) is 36.6 Å². The third-order valence-corrected chi connectivity index (χ3v) is 5.00. The highest BCUT2D eigenvalue weighted by molar-refractivity contribution is 6.56. The molecule has 1 fully saturated rings. The van der Waals surface area contributed by atoms with E-state index >= 15 is 0 Å². The van der Waals surface area contributed by atoms with E-state index in [4.69, 9.17) is 14.0 Å². The van der Waals surface area contributed by atoms with Crippen molar-refractivity contribution in [3.8, 4) is 0 Å². The Bertz CT molecular complexity index is 803. The molecule has 0 saturated carbocycles. The number of hydrogen-bond donors (Lipinski definition) is 1. The van der Waals surface area contributed by atoms with Crippen LogP contribution in [0.25, 0.3) is 6.08 Å². The van der Waals surface area contributed by atoms with Crippen molar-refractivity contribution < 1.29 is 32.0 Å². The number of carbonyl (C=O) groups excluding carboxylic acids is 1. The molecule has 0 spiro atoms. The second kappa shape index (κ2) is 8.63. The van der Waals surface area contributed by atoms with Crippen molar-refractivity contribution in [2.75, 3.05) is 6.54 Å². The first-order valence-corrected chi connectivity index (χ1v) is 9.72. The molecule has 1 aliphatic rings. The van der Waals surface area contributed by atoms with Gasteiger partial charge in [-0.2, -0.15) is 0 Å². The van der Waals surface area contributed by atoms with Gasteiger partial charge in [-0.15, -0.1) is 0 Å². The van der Waals surface area contributed by atoms with Crippen molar-refractivity contribution in [3.63, 3.8) is 0 Å². The van der Waals surface area contributed by atoms with Crippen molar-refractivity contribution in [2.24, 2.45) is 0 Å². The number of rotatable bonds is 5. The summed E-state index contributed by atoms with van der Waals surface area (Å²) >= 11 is 0. The first kappa shape index (κ1) is 24.3. The molecule has 0 bridgehead atoms. The Morgan fingerprint density at radius 2 is 1.77 bits per heavy atom. The third kappa shape index (κ3) is 6.01. The van der Waals surface area contributed by atoms with Gasteiger partial charge in [0.2, 0.25) is 0 Å². The van der Waals surface area contributed by atoms with Gasteiger partial charge in [-0.05, 0) is 71.6 Å². The summed E-state index contributed by atoms with van der Waals surface area (Å²) in [6.07, 6.45) is -1.98. The molecule has 1 aliphatic heterocycles. The van der Waals surface area contributed by atoms with Crippen LogP contribution < -0.4 is 5.32 Å². The second-order valence-electron chi connectivity index (χ2n) is 9.24. The van der Waals surface area contributed by atoms with Crippen molar-refractivity contribution in [1.82, 2.24) is 5.32 Å². The SMILES string of the molecule is CC(C)(C)OC(=O)NCC(=Cc1ccc(C(F)F)c(F)c1)B1OC(C)(C)C(C)(C)O1. The van der Waals surface area contributed by atoms with E-state index in [9.17, 15) is 18.0 Å². The molecule has 1 aromatic rings. The Labute approximate surface area is 176 Å². The molecule has 1 heterocycles. The molecule has 1 saturated heterocycles. The molecule has 2 rings (SSSR count). The lowest BCUT2D eigenvalue weighted by atomic mass is 9.77. The predicted octanol–water partition coefficient (Wildman–Crippen LogP) is 5.30. The molecule has 0 aliphatic carbocycles. The van der Waals surface area contributed by atoms with E-state index in [1.54, 1.807) is 26.8 Å². The predicted molar refractivity (Wildman–Crippen MR) is 110 cm³/mol. The fraction of sp³-hybridized carbons (Fsp3) is 0.571. The molecule has 5 nitrogen and oxygen atoms in total. The Hall–Kier alpha value is -2.00. The maximum atomic E-state index is 14.0. The largest absolute Gasteiger partial charge is 0.492 e. The molecule has 1 aromatic carbocycles. The van der Waals surface area contributed by atoms with Gasteiger partial charge in [0, 0.05) is 6.54 Å². The number of alkyl carbamates (subject to hydrolysis) is 1. The van der Waals surface area contributed by atoms with E-state index in [0.717, 1.165) is 12.1 Å². The third-order valence-electron chi connectivity index (χ3n) is 5.00. The monoisotopic (exact) mass is 427 g/mol. The number of nitrogens with one attached hydrogen (secondary N) is 1. The quantitative estimate of drug-likeness (QED) is 0.648. The van der Waals surface area contributed by atoms with E-state index in [0.29, 0.717) is 11.0 Å². The molecule has 166 valence electrons. The smallest absolute Gasteiger partial charge is 0.444 e. The van der Waals surface area contributed by atoms with Gasteiger partial charge in [-0.25, -0.2) is 18.0 Å². The molecular formula is C21H29BF3NO4. The lowest BCUT2D eigenvalue weighted by molar-refractivity contribution is 0.00578. The lowest BCUT2D eigenvalue weighted by Crippen LogP contribution is -2.41. The van der Waals surface area contributed by atoms with Gasteiger partial charge in [0.1, 0.15) is 11.4 Å². The molecule has 9 heteroatoms. The van der Waals surface area contributed by atoms with Crippen LogP contribution in [0.2, 0.25) is 0 Å². The van der Waals surface area contributed by atoms with Crippen molar-refractivity contribution in [1.29, 1.82) is 0 Å². The van der Waals surface area contributed by atoms with Crippen molar-refractivity contribution >= 4 is 19.3 Å². The van der Waals surface area contributed by atoms with Crippen molar-refractivity contribution in [2.45, 2.75) is 71.7 Å². The summed E-state index contributed by atoms with van der Waals surface area (Å²) in [6, 6.07) is 3.43. The van der Waals surface area contributed by atoms with Crippen LogP contribution in [-0.2, 0) is 14.0 Å². The van der Waals surface area contributed by atoms with E-state index in [1.807, 2.05) is 27.7 Å². The summed E-state index contributed by atoms with van der Waals surface area (Å²) in [5.41, 5.74) is -1.78. The number of halogens is 3. The highest BCUT2D eigenvalue weighted by Crippen LogP contribution is 2.38. The van der Waals surface area contributed by atoms with Crippen LogP contribution in [0.4, 0.5) is 18.0 Å². The Kier molecular flexibility index (Phi) is 6.98. The molecule has 0 aromatic heterocycles. The zero-order chi connectivity index (χ0) is 22.9. The minimum absolute atomic E-state index is 0.00393. The maximum Gasteiger partial charge on any atom is 0.492 e. The van der Waals surface area contributed by atoms with Crippen LogP contribution in [0.15, 0.2) is 23.7 Å². The summed E-state index contributed by atoms with van der Waals surface area (Å²) in [5, 5.41) is 2.63. The zero-order valence-corrected chi connectivity index (χ0v) is 18.4. The fourth-order valence-electron chi connectivity index (χ4n) is 2.71. The average molecular weight is 427 g/mol. The highest BCUT2D eigenvalue weighted by Gasteiger charge is 2.52. The number of carbonyl (C=O) groups is 1.